The fourth-order valence-corrected chi connectivity index (χ4v) is 1.44. The van der Waals surface area contributed by atoms with Crippen LogP contribution >= 0.6 is 0 Å². The Kier molecular flexibility index (Phi) is 5.58. The molecule has 1 rings (SSSR count). The van der Waals surface area contributed by atoms with Gasteiger partial charge in [-0.15, -0.1) is 0 Å². The Morgan fingerprint density at radius 3 is 2.43 bits per heavy atom. The summed E-state index contributed by atoms with van der Waals surface area (Å²) >= 11 is 0. The topological polar surface area (TPSA) is 122 Å². The molecular formula is C12H13F2N3O4. The summed E-state index contributed by atoms with van der Waals surface area (Å²) in [6.07, 6.45) is 0.378. The maximum Gasteiger partial charge on any atom is 0.338 e. The van der Waals surface area contributed by atoms with Crippen LogP contribution in [0.15, 0.2) is 12.1 Å². The van der Waals surface area contributed by atoms with Gasteiger partial charge < -0.3 is 21.5 Å². The molecule has 21 heavy (non-hydrogen) atoms. The van der Waals surface area contributed by atoms with Crippen LogP contribution in [0.5, 0.6) is 0 Å². The zero-order valence-corrected chi connectivity index (χ0v) is 10.8. The average Bonchev–Trinajstić information content (AvgIpc) is 2.37. The number of anilines is 1. The number of hydrogen-bond acceptors (Lipinski definition) is 3. The number of hydrogen-bond donors (Lipinski definition) is 4. The van der Waals surface area contributed by atoms with Crippen LogP contribution in [0, 0.1) is 11.6 Å². The van der Waals surface area contributed by atoms with Crippen molar-refractivity contribution in [2.24, 2.45) is 5.73 Å². The summed E-state index contributed by atoms with van der Waals surface area (Å²) in [5.41, 5.74) is 3.67. The molecule has 1 aromatic carbocycles. The van der Waals surface area contributed by atoms with Crippen molar-refractivity contribution < 1.29 is 28.3 Å². The second kappa shape index (κ2) is 7.17. The lowest BCUT2D eigenvalue weighted by atomic mass is 10.2. The molecule has 0 fully saturated rings. The number of carbonyl (C=O) groups is 3. The van der Waals surface area contributed by atoms with Gasteiger partial charge >= 0.3 is 12.0 Å². The third kappa shape index (κ3) is 5.05. The normalized spacial score (nSPS) is 10.0. The predicted molar refractivity (Wildman–Crippen MR) is 68.8 cm³/mol. The Morgan fingerprint density at radius 1 is 1.19 bits per heavy atom. The van der Waals surface area contributed by atoms with Gasteiger partial charge in [0.05, 0.1) is 11.3 Å². The molecule has 3 amide bonds. The molecule has 0 radical (unpaired) electrons. The Bertz CT molecular complexity index is 578. The summed E-state index contributed by atoms with van der Waals surface area (Å²) in [5.74, 6) is -4.46. The number of nitrogens with one attached hydrogen (secondary N) is 2. The summed E-state index contributed by atoms with van der Waals surface area (Å²) in [6, 6.07) is 0.226. The lowest BCUT2D eigenvalue weighted by molar-refractivity contribution is -0.118. The van der Waals surface area contributed by atoms with Gasteiger partial charge in [-0.05, 0) is 12.5 Å². The number of carboxylic acid groups (broad SMARTS) is 1. The smallest absolute Gasteiger partial charge is 0.338 e. The van der Waals surface area contributed by atoms with Crippen LogP contribution in [-0.4, -0.2) is 29.6 Å². The number of carbonyl (C=O) groups excluding carboxylic acids is 2. The third-order valence-electron chi connectivity index (χ3n) is 2.42. The maximum absolute atomic E-state index is 13.4. The summed E-state index contributed by atoms with van der Waals surface area (Å²) in [6.45, 7) is 0.114. The summed E-state index contributed by atoms with van der Waals surface area (Å²) < 4.78 is 26.6. The average molecular weight is 301 g/mol. The first-order valence-corrected chi connectivity index (χ1v) is 5.86. The highest BCUT2D eigenvalue weighted by atomic mass is 19.1. The molecular weight excluding hydrogens is 288 g/mol. The molecule has 9 heteroatoms. The van der Waals surface area contributed by atoms with Gasteiger partial charge in [-0.2, -0.15) is 0 Å². The first kappa shape index (κ1) is 16.3. The highest BCUT2D eigenvalue weighted by molar-refractivity contribution is 5.93. The maximum atomic E-state index is 13.4. The largest absolute Gasteiger partial charge is 0.478 e. The molecule has 5 N–H and O–H groups in total. The molecule has 0 saturated carbocycles. The van der Waals surface area contributed by atoms with Gasteiger partial charge in [-0.3, -0.25) is 4.79 Å². The zero-order valence-electron chi connectivity index (χ0n) is 10.8. The van der Waals surface area contributed by atoms with Crippen LogP contribution in [0.2, 0.25) is 0 Å². The van der Waals surface area contributed by atoms with E-state index in [0.717, 1.165) is 0 Å². The molecule has 0 aliphatic carbocycles. The molecule has 0 unspecified atom stereocenters. The molecule has 0 saturated heterocycles. The molecule has 0 bridgehead atoms. The Balaban J connectivity index is 2.65. The van der Waals surface area contributed by atoms with E-state index in [1.54, 1.807) is 0 Å². The van der Waals surface area contributed by atoms with E-state index in [0.29, 0.717) is 18.6 Å². The summed E-state index contributed by atoms with van der Waals surface area (Å²) in [5, 5.41) is 13.1. The number of aromatic carboxylic acids is 1. The van der Waals surface area contributed by atoms with E-state index in [1.165, 1.54) is 0 Å². The number of rotatable bonds is 6. The predicted octanol–water partition coefficient (Wildman–Crippen LogP) is 1.05. The van der Waals surface area contributed by atoms with Crippen LogP contribution in [-0.2, 0) is 4.79 Å². The van der Waals surface area contributed by atoms with E-state index in [1.807, 2.05) is 5.32 Å². The van der Waals surface area contributed by atoms with Crippen molar-refractivity contribution in [3.05, 3.63) is 29.3 Å². The fourth-order valence-electron chi connectivity index (χ4n) is 1.44. The number of benzene rings is 1. The van der Waals surface area contributed by atoms with Crippen molar-refractivity contribution in [2.45, 2.75) is 12.8 Å². The van der Waals surface area contributed by atoms with Crippen molar-refractivity contribution in [3.8, 4) is 0 Å². The third-order valence-corrected chi connectivity index (χ3v) is 2.42. The SMILES string of the molecule is NC(=O)CCCNC(=O)Nc1cc(C(=O)O)c(F)cc1F. The molecule has 0 spiro atoms. The van der Waals surface area contributed by atoms with Crippen LogP contribution < -0.4 is 16.4 Å². The number of amides is 3. The van der Waals surface area contributed by atoms with E-state index in [9.17, 15) is 23.2 Å². The van der Waals surface area contributed by atoms with E-state index in [4.69, 9.17) is 10.8 Å². The van der Waals surface area contributed by atoms with E-state index >= 15 is 0 Å². The number of nitrogens with two attached hydrogens (primary N) is 1. The Labute approximate surface area is 118 Å². The van der Waals surface area contributed by atoms with Gasteiger partial charge in [0.2, 0.25) is 5.91 Å². The standard InChI is InChI=1S/C12H13F2N3O4/c13-7-5-8(14)9(4-6(7)11(19)20)17-12(21)16-3-1-2-10(15)18/h4-5H,1-3H2,(H2,15,18)(H,19,20)(H2,16,17,21). The minimum Gasteiger partial charge on any atom is -0.478 e. The Hall–Kier alpha value is -2.71. The highest BCUT2D eigenvalue weighted by Crippen LogP contribution is 2.19. The second-order valence-electron chi connectivity index (χ2n) is 4.07. The number of halogens is 2. The second-order valence-corrected chi connectivity index (χ2v) is 4.07. The lowest BCUT2D eigenvalue weighted by Gasteiger charge is -2.09. The molecule has 0 atom stereocenters. The summed E-state index contributed by atoms with van der Waals surface area (Å²) in [7, 11) is 0. The van der Waals surface area contributed by atoms with Crippen molar-refractivity contribution >= 4 is 23.6 Å². The number of carboxylic acids is 1. The van der Waals surface area contributed by atoms with Gasteiger partial charge in [0.1, 0.15) is 11.6 Å². The Morgan fingerprint density at radius 2 is 1.86 bits per heavy atom. The molecule has 0 heterocycles. The van der Waals surface area contributed by atoms with Gasteiger partial charge in [0.25, 0.3) is 0 Å². The molecule has 1 aromatic rings. The van der Waals surface area contributed by atoms with Crippen molar-refractivity contribution in [1.29, 1.82) is 0 Å². The monoisotopic (exact) mass is 301 g/mol. The molecule has 0 aliphatic rings. The van der Waals surface area contributed by atoms with E-state index in [-0.39, 0.29) is 13.0 Å². The van der Waals surface area contributed by atoms with Crippen molar-refractivity contribution in [2.75, 3.05) is 11.9 Å². The first-order chi connectivity index (χ1) is 9.81. The fraction of sp³-hybridized carbons (Fsp3) is 0.250. The molecule has 7 nitrogen and oxygen atoms in total. The molecule has 0 aliphatic heterocycles. The molecule has 0 aromatic heterocycles. The lowest BCUT2D eigenvalue weighted by Crippen LogP contribution is -2.30. The highest BCUT2D eigenvalue weighted by Gasteiger charge is 2.16. The van der Waals surface area contributed by atoms with Crippen LogP contribution in [0.25, 0.3) is 0 Å². The summed E-state index contributed by atoms with van der Waals surface area (Å²) in [4.78, 5) is 32.6. The number of primary amides is 1. The minimum atomic E-state index is -1.59. The van der Waals surface area contributed by atoms with Gasteiger partial charge in [0, 0.05) is 19.0 Å². The van der Waals surface area contributed by atoms with E-state index < -0.39 is 40.8 Å². The van der Waals surface area contributed by atoms with Crippen molar-refractivity contribution in [1.82, 2.24) is 5.32 Å². The molecule has 114 valence electrons. The van der Waals surface area contributed by atoms with Gasteiger partial charge in [0.15, 0.2) is 0 Å². The van der Waals surface area contributed by atoms with Crippen LogP contribution in [0.3, 0.4) is 0 Å². The quantitative estimate of drug-likeness (QED) is 0.587. The van der Waals surface area contributed by atoms with E-state index in [2.05, 4.69) is 5.32 Å². The van der Waals surface area contributed by atoms with Crippen LogP contribution in [0.1, 0.15) is 23.2 Å². The van der Waals surface area contributed by atoms with Gasteiger partial charge in [-0.25, -0.2) is 18.4 Å². The number of urea groups is 1. The zero-order chi connectivity index (χ0) is 16.0. The first-order valence-electron chi connectivity index (χ1n) is 5.86. The minimum absolute atomic E-state index is 0.0777. The van der Waals surface area contributed by atoms with Crippen molar-refractivity contribution in [3.63, 3.8) is 0 Å². The van der Waals surface area contributed by atoms with Crippen LogP contribution in [0.4, 0.5) is 19.3 Å². The van der Waals surface area contributed by atoms with Gasteiger partial charge in [-0.1, -0.05) is 0 Å².